The van der Waals surface area contributed by atoms with E-state index in [1.807, 2.05) is 30.3 Å². The molecular formula is C30H37N5O5S. The molecule has 1 heterocycles. The van der Waals surface area contributed by atoms with Gasteiger partial charge in [-0.05, 0) is 42.0 Å². The van der Waals surface area contributed by atoms with E-state index in [1.165, 1.54) is 18.3 Å². The number of carbonyl (C=O) groups excluding carboxylic acids is 5. The summed E-state index contributed by atoms with van der Waals surface area (Å²) < 4.78 is 0.850. The number of nitrogens with zero attached hydrogens (tertiary/aromatic N) is 1. The molecule has 0 aliphatic rings. The van der Waals surface area contributed by atoms with Crippen molar-refractivity contribution in [3.05, 3.63) is 65.2 Å². The Balaban J connectivity index is 1.62. The zero-order valence-electron chi connectivity index (χ0n) is 24.1. The molecule has 1 aromatic heterocycles. The van der Waals surface area contributed by atoms with Gasteiger partial charge >= 0.3 is 0 Å². The van der Waals surface area contributed by atoms with Crippen molar-refractivity contribution in [3.63, 3.8) is 0 Å². The maximum absolute atomic E-state index is 13.3. The first kappa shape index (κ1) is 31.4. The van der Waals surface area contributed by atoms with Crippen molar-refractivity contribution >= 4 is 51.0 Å². The molecule has 0 saturated heterocycles. The summed E-state index contributed by atoms with van der Waals surface area (Å²) in [6.07, 6.45) is 0. The number of hydrogen-bond donors (Lipinski definition) is 4. The van der Waals surface area contributed by atoms with Gasteiger partial charge in [0.1, 0.15) is 12.1 Å². The molecule has 0 bridgehead atoms. The first-order valence-electron chi connectivity index (χ1n) is 13.4. The van der Waals surface area contributed by atoms with Gasteiger partial charge in [-0.3, -0.25) is 24.0 Å². The number of rotatable bonds is 11. The van der Waals surface area contributed by atoms with Crippen LogP contribution in [0.3, 0.4) is 0 Å². The Morgan fingerprint density at radius 1 is 0.878 bits per heavy atom. The van der Waals surface area contributed by atoms with Crippen molar-refractivity contribution in [2.24, 2.45) is 11.3 Å². The van der Waals surface area contributed by atoms with Crippen LogP contribution in [0.1, 0.15) is 57.5 Å². The molecule has 0 fully saturated rings. The predicted octanol–water partition coefficient (Wildman–Crippen LogP) is 2.97. The Morgan fingerprint density at radius 3 is 2.20 bits per heavy atom. The fraction of sp³-hybridized carbons (Fsp3) is 0.400. The van der Waals surface area contributed by atoms with Gasteiger partial charge in [0.2, 0.25) is 17.6 Å². The number of amides is 4. The number of aromatic nitrogens is 1. The summed E-state index contributed by atoms with van der Waals surface area (Å²) in [5, 5.41) is 10.6. The highest BCUT2D eigenvalue weighted by molar-refractivity contribution is 7.16. The summed E-state index contributed by atoms with van der Waals surface area (Å²) in [5.74, 6) is -3.58. The molecule has 4 N–H and O–H groups in total. The van der Waals surface area contributed by atoms with E-state index in [2.05, 4.69) is 26.3 Å². The minimum Gasteiger partial charge on any atom is -0.345 e. The average Bonchev–Trinajstić information content (AvgIpc) is 3.40. The Morgan fingerprint density at radius 2 is 1.56 bits per heavy atom. The van der Waals surface area contributed by atoms with Gasteiger partial charge < -0.3 is 21.3 Å². The summed E-state index contributed by atoms with van der Waals surface area (Å²) in [5.41, 5.74) is 3.01. The molecule has 10 nitrogen and oxygen atoms in total. The third-order valence-electron chi connectivity index (χ3n) is 6.52. The highest BCUT2D eigenvalue weighted by atomic mass is 32.1. The summed E-state index contributed by atoms with van der Waals surface area (Å²) in [6.45, 7) is 10.5. The molecule has 3 atom stereocenters. The average molecular weight is 580 g/mol. The van der Waals surface area contributed by atoms with Gasteiger partial charge in [0.05, 0.1) is 21.8 Å². The summed E-state index contributed by atoms with van der Waals surface area (Å²) >= 11 is 1.41. The van der Waals surface area contributed by atoms with Gasteiger partial charge in [0, 0.05) is 12.1 Å². The van der Waals surface area contributed by atoms with Gasteiger partial charge in [-0.25, -0.2) is 4.98 Å². The number of fused-ring (bicyclic) bond motifs is 1. The van der Waals surface area contributed by atoms with Crippen LogP contribution in [0.4, 0.5) is 0 Å². The molecule has 41 heavy (non-hydrogen) atoms. The monoisotopic (exact) mass is 579 g/mol. The van der Waals surface area contributed by atoms with E-state index in [4.69, 9.17) is 0 Å². The van der Waals surface area contributed by atoms with Gasteiger partial charge in [0.15, 0.2) is 0 Å². The zero-order chi connectivity index (χ0) is 30.3. The summed E-state index contributed by atoms with van der Waals surface area (Å²) in [4.78, 5) is 69.0. The van der Waals surface area contributed by atoms with E-state index in [0.29, 0.717) is 5.56 Å². The van der Waals surface area contributed by atoms with E-state index in [9.17, 15) is 24.0 Å². The Bertz CT molecular complexity index is 1410. The molecule has 4 amide bonds. The number of benzene rings is 2. The van der Waals surface area contributed by atoms with Crippen LogP contribution in [0.25, 0.3) is 10.2 Å². The molecule has 3 aromatic rings. The number of ketones is 1. The molecule has 0 aliphatic carbocycles. The van der Waals surface area contributed by atoms with Crippen LogP contribution >= 0.6 is 11.3 Å². The van der Waals surface area contributed by atoms with Gasteiger partial charge in [-0.15, -0.1) is 11.3 Å². The van der Waals surface area contributed by atoms with Crippen LogP contribution in [0.15, 0.2) is 54.0 Å². The van der Waals surface area contributed by atoms with Crippen molar-refractivity contribution in [1.29, 1.82) is 0 Å². The fourth-order valence-electron chi connectivity index (χ4n) is 4.07. The Hall–Kier alpha value is -4.12. The second-order valence-electron chi connectivity index (χ2n) is 11.3. The Kier molecular flexibility index (Phi) is 10.3. The topological polar surface area (TPSA) is 146 Å². The van der Waals surface area contributed by atoms with Crippen LogP contribution in [0.2, 0.25) is 0 Å². The minimum atomic E-state index is -1.09. The van der Waals surface area contributed by atoms with E-state index in [0.717, 1.165) is 15.8 Å². The molecule has 0 saturated carbocycles. The maximum atomic E-state index is 13.3. The SMILES string of the molecule is CC(C)[C@H](NC(=O)[C@H](C)NC(=O)[C@@H](NC(=O)c1ccc2ncsc2c1)C(C)(C)C)C(=O)C(=O)NCc1ccccc1. The summed E-state index contributed by atoms with van der Waals surface area (Å²) in [7, 11) is 0. The van der Waals surface area contributed by atoms with Crippen molar-refractivity contribution in [1.82, 2.24) is 26.3 Å². The maximum Gasteiger partial charge on any atom is 0.289 e. The van der Waals surface area contributed by atoms with E-state index < -0.39 is 53.0 Å². The normalized spacial score (nSPS) is 13.6. The second kappa shape index (κ2) is 13.5. The first-order valence-corrected chi connectivity index (χ1v) is 14.3. The number of hydrogen-bond acceptors (Lipinski definition) is 7. The molecule has 3 rings (SSSR count). The van der Waals surface area contributed by atoms with Crippen molar-refractivity contribution in [2.45, 2.75) is 66.2 Å². The second-order valence-corrected chi connectivity index (χ2v) is 12.2. The van der Waals surface area contributed by atoms with Gasteiger partial charge in [0.25, 0.3) is 11.8 Å². The quantitative estimate of drug-likeness (QED) is 0.257. The van der Waals surface area contributed by atoms with Crippen LogP contribution in [-0.2, 0) is 25.7 Å². The summed E-state index contributed by atoms with van der Waals surface area (Å²) in [6, 6.07) is 11.2. The molecule has 0 unspecified atom stereocenters. The lowest BCUT2D eigenvalue weighted by Crippen LogP contribution is -2.59. The standard InChI is InChI=1S/C30H37N5O5S/c1-17(2)23(24(36)28(39)31-15-19-10-8-7-9-11-19)34-26(37)18(3)33-29(40)25(30(4,5)6)35-27(38)20-12-13-21-22(14-20)41-16-32-21/h7-14,16-18,23,25H,15H2,1-6H3,(H,31,39)(H,33,40)(H,34,37)(H,35,38)/t18-,23-,25+/m0/s1. The zero-order valence-corrected chi connectivity index (χ0v) is 24.9. The van der Waals surface area contributed by atoms with Gasteiger partial charge in [-0.1, -0.05) is 65.0 Å². The lowest BCUT2D eigenvalue weighted by atomic mass is 9.85. The van der Waals surface area contributed by atoms with Crippen LogP contribution in [-0.4, -0.2) is 52.5 Å². The van der Waals surface area contributed by atoms with E-state index in [1.54, 1.807) is 58.3 Å². The third-order valence-corrected chi connectivity index (χ3v) is 7.31. The predicted molar refractivity (Wildman–Crippen MR) is 158 cm³/mol. The van der Waals surface area contributed by atoms with Crippen LogP contribution < -0.4 is 21.3 Å². The molecular weight excluding hydrogens is 542 g/mol. The lowest BCUT2D eigenvalue weighted by Gasteiger charge is -2.31. The smallest absolute Gasteiger partial charge is 0.289 e. The number of thiazole rings is 1. The molecule has 11 heteroatoms. The van der Waals surface area contributed by atoms with Crippen molar-refractivity contribution < 1.29 is 24.0 Å². The van der Waals surface area contributed by atoms with E-state index >= 15 is 0 Å². The minimum absolute atomic E-state index is 0.175. The van der Waals surface area contributed by atoms with Crippen molar-refractivity contribution in [3.8, 4) is 0 Å². The largest absolute Gasteiger partial charge is 0.345 e. The molecule has 0 spiro atoms. The third kappa shape index (κ3) is 8.43. The molecule has 2 aromatic carbocycles. The number of nitrogens with one attached hydrogen (secondary N) is 4. The highest BCUT2D eigenvalue weighted by Gasteiger charge is 2.36. The van der Waals surface area contributed by atoms with Crippen LogP contribution in [0, 0.1) is 11.3 Å². The highest BCUT2D eigenvalue weighted by Crippen LogP contribution is 2.22. The molecule has 218 valence electrons. The Labute approximate surface area is 243 Å². The number of carbonyl (C=O) groups is 5. The molecule has 0 aliphatic heterocycles. The first-order chi connectivity index (χ1) is 19.3. The van der Waals surface area contributed by atoms with Crippen LogP contribution in [0.5, 0.6) is 0 Å². The fourth-order valence-corrected chi connectivity index (χ4v) is 4.78. The van der Waals surface area contributed by atoms with Crippen molar-refractivity contribution in [2.75, 3.05) is 0 Å². The van der Waals surface area contributed by atoms with E-state index in [-0.39, 0.29) is 12.5 Å². The number of Topliss-reactive ketones (excluding diaryl/α,β-unsaturated/α-hetero) is 1. The van der Waals surface area contributed by atoms with Gasteiger partial charge in [-0.2, -0.15) is 0 Å². The molecule has 0 radical (unpaired) electrons. The lowest BCUT2D eigenvalue weighted by molar-refractivity contribution is -0.141.